The number of benzene rings is 1. The van der Waals surface area contributed by atoms with Gasteiger partial charge < -0.3 is 10.1 Å². The van der Waals surface area contributed by atoms with Crippen molar-refractivity contribution in [1.82, 2.24) is 10.0 Å². The minimum absolute atomic E-state index is 0.00521. The van der Waals surface area contributed by atoms with Gasteiger partial charge in [0.25, 0.3) is 0 Å². The molecule has 1 rings (SSSR count). The van der Waals surface area contributed by atoms with Crippen molar-refractivity contribution in [2.45, 2.75) is 57.5 Å². The highest BCUT2D eigenvalue weighted by Crippen LogP contribution is 2.27. The first-order valence-electron chi connectivity index (χ1n) is 7.96. The second-order valence-electron chi connectivity index (χ2n) is 5.57. The van der Waals surface area contributed by atoms with E-state index in [9.17, 15) is 13.2 Å². The van der Waals surface area contributed by atoms with Crippen molar-refractivity contribution in [2.75, 3.05) is 6.61 Å². The monoisotopic (exact) mass is 376 g/mol. The van der Waals surface area contributed by atoms with Crippen LogP contribution in [0, 0.1) is 0 Å². The number of hydrogen-bond donors (Lipinski definition) is 2. The molecule has 0 aromatic heterocycles. The van der Waals surface area contributed by atoms with Gasteiger partial charge in [-0.25, -0.2) is 8.42 Å². The van der Waals surface area contributed by atoms with Gasteiger partial charge in [-0.15, -0.1) is 0 Å². The Hall–Kier alpha value is -1.31. The molecule has 0 saturated carbocycles. The quantitative estimate of drug-likeness (QED) is 0.694. The van der Waals surface area contributed by atoms with E-state index < -0.39 is 16.1 Å². The van der Waals surface area contributed by atoms with Crippen LogP contribution in [-0.2, 0) is 14.8 Å². The van der Waals surface area contributed by atoms with Gasteiger partial charge in [-0.2, -0.15) is 4.72 Å². The number of halogens is 1. The lowest BCUT2D eigenvalue weighted by atomic mass is 10.2. The summed E-state index contributed by atoms with van der Waals surface area (Å²) in [5.41, 5.74) is 0. The number of carbonyl (C=O) groups excluding carboxylic acids is 1. The summed E-state index contributed by atoms with van der Waals surface area (Å²) in [5, 5.41) is 2.98. The van der Waals surface area contributed by atoms with E-state index in [0.717, 1.165) is 12.8 Å². The van der Waals surface area contributed by atoms with E-state index in [4.69, 9.17) is 16.3 Å². The van der Waals surface area contributed by atoms with E-state index in [-0.39, 0.29) is 21.9 Å². The molecular formula is C16H25ClN2O4S. The molecule has 2 atom stereocenters. The van der Waals surface area contributed by atoms with Crippen LogP contribution >= 0.6 is 11.6 Å². The Morgan fingerprint density at radius 2 is 1.96 bits per heavy atom. The Morgan fingerprint density at radius 3 is 2.50 bits per heavy atom. The molecule has 1 amide bonds. The van der Waals surface area contributed by atoms with E-state index in [1.165, 1.54) is 25.1 Å². The van der Waals surface area contributed by atoms with Crippen LogP contribution < -0.4 is 14.8 Å². The van der Waals surface area contributed by atoms with Crippen LogP contribution in [0.5, 0.6) is 5.75 Å². The van der Waals surface area contributed by atoms with Crippen LogP contribution in [-0.4, -0.2) is 33.0 Å². The molecule has 0 spiro atoms. The van der Waals surface area contributed by atoms with Crippen LogP contribution in [0.1, 0.15) is 40.5 Å². The molecule has 0 aliphatic carbocycles. The van der Waals surface area contributed by atoms with Crippen molar-refractivity contribution in [3.63, 3.8) is 0 Å². The first kappa shape index (κ1) is 20.7. The number of hydrogen-bond acceptors (Lipinski definition) is 4. The minimum atomic E-state index is -3.86. The van der Waals surface area contributed by atoms with Gasteiger partial charge in [0, 0.05) is 6.04 Å². The highest BCUT2D eigenvalue weighted by Gasteiger charge is 2.23. The Bertz CT molecular complexity index is 664. The maximum Gasteiger partial charge on any atom is 0.241 e. The highest BCUT2D eigenvalue weighted by atomic mass is 35.5. The Morgan fingerprint density at radius 1 is 1.29 bits per heavy atom. The number of nitrogens with one attached hydrogen (secondary N) is 2. The van der Waals surface area contributed by atoms with Crippen molar-refractivity contribution >= 4 is 27.5 Å². The lowest BCUT2D eigenvalue weighted by molar-refractivity contribution is -0.123. The molecule has 0 heterocycles. The molecule has 0 bridgehead atoms. The predicted octanol–water partition coefficient (Wildman–Crippen LogP) is 2.71. The third-order valence-electron chi connectivity index (χ3n) is 3.35. The number of ether oxygens (including phenoxy) is 1. The van der Waals surface area contributed by atoms with Crippen LogP contribution in [0.15, 0.2) is 23.1 Å². The average molecular weight is 377 g/mol. The van der Waals surface area contributed by atoms with Gasteiger partial charge in [0.05, 0.1) is 22.6 Å². The summed E-state index contributed by atoms with van der Waals surface area (Å²) in [6.45, 7) is 7.64. The summed E-state index contributed by atoms with van der Waals surface area (Å²) >= 11 is 6.02. The van der Waals surface area contributed by atoms with E-state index in [2.05, 4.69) is 10.0 Å². The van der Waals surface area contributed by atoms with Crippen LogP contribution in [0.3, 0.4) is 0 Å². The number of amides is 1. The summed E-state index contributed by atoms with van der Waals surface area (Å²) in [6.07, 6.45) is 1.77. The molecular weight excluding hydrogens is 352 g/mol. The zero-order valence-corrected chi connectivity index (χ0v) is 16.0. The van der Waals surface area contributed by atoms with Crippen molar-refractivity contribution in [3.05, 3.63) is 23.2 Å². The van der Waals surface area contributed by atoms with Crippen LogP contribution in [0.4, 0.5) is 0 Å². The van der Waals surface area contributed by atoms with Crippen LogP contribution in [0.2, 0.25) is 5.02 Å². The summed E-state index contributed by atoms with van der Waals surface area (Å²) in [7, 11) is -3.86. The van der Waals surface area contributed by atoms with Gasteiger partial charge in [0.2, 0.25) is 15.9 Å². The number of sulfonamides is 1. The molecule has 0 unspecified atom stereocenters. The summed E-state index contributed by atoms with van der Waals surface area (Å²) in [6, 6.07) is 3.30. The molecule has 0 radical (unpaired) electrons. The molecule has 0 fully saturated rings. The maximum atomic E-state index is 12.4. The third-order valence-corrected chi connectivity index (χ3v) is 5.18. The zero-order chi connectivity index (χ0) is 18.3. The van der Waals surface area contributed by atoms with E-state index >= 15 is 0 Å². The van der Waals surface area contributed by atoms with Gasteiger partial charge in [-0.3, -0.25) is 4.79 Å². The maximum absolute atomic E-state index is 12.4. The number of rotatable bonds is 9. The second kappa shape index (κ2) is 9.25. The molecule has 136 valence electrons. The molecule has 0 aliphatic rings. The van der Waals surface area contributed by atoms with Gasteiger partial charge in [0.15, 0.2) is 0 Å². The largest absolute Gasteiger partial charge is 0.492 e. The lowest BCUT2D eigenvalue weighted by Crippen LogP contribution is -2.47. The third kappa shape index (κ3) is 5.96. The fourth-order valence-electron chi connectivity index (χ4n) is 2.15. The Balaban J connectivity index is 2.82. The molecule has 0 saturated heterocycles. The first-order valence-corrected chi connectivity index (χ1v) is 9.82. The summed E-state index contributed by atoms with van der Waals surface area (Å²) in [4.78, 5) is 12.0. The second-order valence-corrected chi connectivity index (χ2v) is 7.69. The Kier molecular flexibility index (Phi) is 7.99. The lowest BCUT2D eigenvalue weighted by Gasteiger charge is -2.18. The standard InChI is InChI=1S/C16H25ClN2O4S/c1-5-7-11(3)18-16(20)12(4)19-24(21,22)13-8-9-15(23-6-2)14(17)10-13/h8-12,19H,5-7H2,1-4H3,(H,18,20)/t11-,12+/m0/s1. The summed E-state index contributed by atoms with van der Waals surface area (Å²) in [5.74, 6) is 0.0499. The Labute approximate surface area is 149 Å². The summed E-state index contributed by atoms with van der Waals surface area (Å²) < 4.78 is 32.4. The van der Waals surface area contributed by atoms with E-state index in [1.54, 1.807) is 0 Å². The minimum Gasteiger partial charge on any atom is -0.492 e. The van der Waals surface area contributed by atoms with Crippen LogP contribution in [0.25, 0.3) is 0 Å². The van der Waals surface area contributed by atoms with Crippen molar-refractivity contribution in [1.29, 1.82) is 0 Å². The van der Waals surface area contributed by atoms with Crippen molar-refractivity contribution < 1.29 is 17.9 Å². The average Bonchev–Trinajstić information content (AvgIpc) is 2.49. The zero-order valence-electron chi connectivity index (χ0n) is 14.4. The SMILES string of the molecule is CCC[C@H](C)NC(=O)[C@@H](C)NS(=O)(=O)c1ccc(OCC)c(Cl)c1. The van der Waals surface area contributed by atoms with Crippen molar-refractivity contribution in [2.24, 2.45) is 0 Å². The molecule has 24 heavy (non-hydrogen) atoms. The fourth-order valence-corrected chi connectivity index (χ4v) is 3.68. The van der Waals surface area contributed by atoms with Gasteiger partial charge in [0.1, 0.15) is 5.75 Å². The van der Waals surface area contributed by atoms with E-state index in [0.29, 0.717) is 12.4 Å². The molecule has 0 aliphatic heterocycles. The first-order chi connectivity index (χ1) is 11.2. The highest BCUT2D eigenvalue weighted by molar-refractivity contribution is 7.89. The molecule has 2 N–H and O–H groups in total. The van der Waals surface area contributed by atoms with Gasteiger partial charge in [-0.05, 0) is 45.4 Å². The fraction of sp³-hybridized carbons (Fsp3) is 0.562. The predicted molar refractivity (Wildman–Crippen MR) is 94.9 cm³/mol. The normalized spacial score (nSPS) is 14.0. The van der Waals surface area contributed by atoms with E-state index in [1.807, 2.05) is 20.8 Å². The molecule has 8 heteroatoms. The van der Waals surface area contributed by atoms with Gasteiger partial charge in [-0.1, -0.05) is 24.9 Å². The molecule has 1 aromatic carbocycles. The molecule has 6 nitrogen and oxygen atoms in total. The number of carbonyl (C=O) groups is 1. The van der Waals surface area contributed by atoms with Crippen molar-refractivity contribution in [3.8, 4) is 5.75 Å². The smallest absolute Gasteiger partial charge is 0.241 e. The molecule has 1 aromatic rings. The van der Waals surface area contributed by atoms with Gasteiger partial charge >= 0.3 is 0 Å². The topological polar surface area (TPSA) is 84.5 Å².